The lowest BCUT2D eigenvalue weighted by molar-refractivity contribution is -0.133. The minimum absolute atomic E-state index is 0.141. The van der Waals surface area contributed by atoms with E-state index in [0.717, 1.165) is 44.4 Å². The second-order valence-corrected chi connectivity index (χ2v) is 6.54. The van der Waals surface area contributed by atoms with Gasteiger partial charge in [0.2, 0.25) is 5.91 Å². The van der Waals surface area contributed by atoms with Crippen molar-refractivity contribution in [3.63, 3.8) is 0 Å². The van der Waals surface area contributed by atoms with Crippen LogP contribution in [0.5, 0.6) is 0 Å². The Hall–Kier alpha value is -1.35. The minimum Gasteiger partial charge on any atom is -0.342 e. The van der Waals surface area contributed by atoms with E-state index in [2.05, 4.69) is 34.5 Å². The Morgan fingerprint density at radius 3 is 2.50 bits per heavy atom. The SMILES string of the molecule is O=C(C1Cc2ccccc21)N1CC[C@@H]2CNC[C@@H]2CC1. The summed E-state index contributed by atoms with van der Waals surface area (Å²) < 4.78 is 0. The summed E-state index contributed by atoms with van der Waals surface area (Å²) >= 11 is 0. The number of likely N-dealkylation sites (tertiary alicyclic amines) is 1. The van der Waals surface area contributed by atoms with Crippen molar-refractivity contribution in [3.05, 3.63) is 35.4 Å². The molecule has 0 spiro atoms. The van der Waals surface area contributed by atoms with Crippen LogP contribution in [-0.4, -0.2) is 37.0 Å². The topological polar surface area (TPSA) is 32.3 Å². The first-order chi connectivity index (χ1) is 9.83. The van der Waals surface area contributed by atoms with Gasteiger partial charge in [0.05, 0.1) is 5.92 Å². The van der Waals surface area contributed by atoms with Gasteiger partial charge in [-0.3, -0.25) is 4.79 Å². The van der Waals surface area contributed by atoms with Gasteiger partial charge in [0.1, 0.15) is 0 Å². The van der Waals surface area contributed by atoms with Crippen molar-refractivity contribution in [2.75, 3.05) is 26.2 Å². The van der Waals surface area contributed by atoms with Crippen molar-refractivity contribution in [2.45, 2.75) is 25.2 Å². The molecule has 1 aliphatic carbocycles. The van der Waals surface area contributed by atoms with Crippen LogP contribution in [0.15, 0.2) is 24.3 Å². The zero-order valence-corrected chi connectivity index (χ0v) is 11.8. The summed E-state index contributed by atoms with van der Waals surface area (Å²) in [6.07, 6.45) is 3.30. The van der Waals surface area contributed by atoms with E-state index in [1.807, 2.05) is 0 Å². The van der Waals surface area contributed by atoms with E-state index < -0.39 is 0 Å². The number of benzene rings is 1. The van der Waals surface area contributed by atoms with Gasteiger partial charge in [-0.1, -0.05) is 24.3 Å². The monoisotopic (exact) mass is 270 g/mol. The molecule has 1 amide bonds. The van der Waals surface area contributed by atoms with Crippen LogP contribution in [0.1, 0.15) is 29.9 Å². The molecule has 1 N–H and O–H groups in total. The number of rotatable bonds is 1. The number of hydrogen-bond donors (Lipinski definition) is 1. The largest absolute Gasteiger partial charge is 0.342 e. The molecular formula is C17H22N2O. The van der Waals surface area contributed by atoms with Crippen LogP contribution in [0.3, 0.4) is 0 Å². The Labute approximate surface area is 120 Å². The summed E-state index contributed by atoms with van der Waals surface area (Å²) in [5, 5.41) is 3.49. The molecule has 0 saturated carbocycles. The molecule has 20 heavy (non-hydrogen) atoms. The fourth-order valence-corrected chi connectivity index (χ4v) is 4.14. The fourth-order valence-electron chi connectivity index (χ4n) is 4.14. The molecule has 3 atom stereocenters. The third kappa shape index (κ3) is 1.96. The van der Waals surface area contributed by atoms with Gasteiger partial charge in [-0.05, 0) is 55.3 Å². The molecule has 1 unspecified atom stereocenters. The van der Waals surface area contributed by atoms with Crippen molar-refractivity contribution in [3.8, 4) is 0 Å². The standard InChI is InChI=1S/C17H22N2O/c20-17(16-9-12-3-1-2-4-15(12)16)19-7-5-13-10-18-11-14(13)6-8-19/h1-4,13-14,16,18H,5-11H2/t13-,14+,16?. The van der Waals surface area contributed by atoms with Crippen LogP contribution in [0.25, 0.3) is 0 Å². The number of carbonyl (C=O) groups is 1. The molecule has 1 aromatic rings. The van der Waals surface area contributed by atoms with E-state index in [1.165, 1.54) is 24.0 Å². The summed E-state index contributed by atoms with van der Waals surface area (Å²) in [6, 6.07) is 8.39. The lowest BCUT2D eigenvalue weighted by Gasteiger charge is -2.33. The minimum atomic E-state index is 0.141. The lowest BCUT2D eigenvalue weighted by Crippen LogP contribution is -2.40. The summed E-state index contributed by atoms with van der Waals surface area (Å²) in [7, 11) is 0. The quantitative estimate of drug-likeness (QED) is 0.844. The van der Waals surface area contributed by atoms with Crippen LogP contribution in [0.4, 0.5) is 0 Å². The Balaban J connectivity index is 1.45. The van der Waals surface area contributed by atoms with Gasteiger partial charge in [-0.15, -0.1) is 0 Å². The molecule has 2 heterocycles. The van der Waals surface area contributed by atoms with Gasteiger partial charge < -0.3 is 10.2 Å². The van der Waals surface area contributed by atoms with Crippen LogP contribution in [0, 0.1) is 11.8 Å². The van der Waals surface area contributed by atoms with E-state index in [0.29, 0.717) is 5.91 Å². The molecule has 0 radical (unpaired) electrons. The van der Waals surface area contributed by atoms with E-state index >= 15 is 0 Å². The van der Waals surface area contributed by atoms with Crippen LogP contribution < -0.4 is 5.32 Å². The van der Waals surface area contributed by atoms with Crippen molar-refractivity contribution < 1.29 is 4.79 Å². The average molecular weight is 270 g/mol. The van der Waals surface area contributed by atoms with Crippen LogP contribution >= 0.6 is 0 Å². The van der Waals surface area contributed by atoms with E-state index in [4.69, 9.17) is 0 Å². The van der Waals surface area contributed by atoms with Gasteiger partial charge in [0, 0.05) is 13.1 Å². The normalized spacial score (nSPS) is 32.0. The van der Waals surface area contributed by atoms with Gasteiger partial charge >= 0.3 is 0 Å². The number of fused-ring (bicyclic) bond motifs is 2. The summed E-state index contributed by atoms with van der Waals surface area (Å²) in [4.78, 5) is 14.9. The molecule has 3 nitrogen and oxygen atoms in total. The zero-order chi connectivity index (χ0) is 13.5. The molecule has 4 rings (SSSR count). The van der Waals surface area contributed by atoms with E-state index in [9.17, 15) is 4.79 Å². The predicted molar refractivity (Wildman–Crippen MR) is 78.6 cm³/mol. The van der Waals surface area contributed by atoms with Gasteiger partial charge in [-0.2, -0.15) is 0 Å². The highest BCUT2D eigenvalue weighted by Crippen LogP contribution is 2.37. The molecule has 1 aromatic carbocycles. The Bertz CT molecular complexity index is 513. The molecule has 0 aromatic heterocycles. The third-order valence-electron chi connectivity index (χ3n) is 5.48. The summed E-state index contributed by atoms with van der Waals surface area (Å²) in [5.41, 5.74) is 2.63. The van der Waals surface area contributed by atoms with Crippen molar-refractivity contribution in [1.29, 1.82) is 0 Å². The lowest BCUT2D eigenvalue weighted by atomic mass is 9.77. The predicted octanol–water partition coefficient (Wildman–Crippen LogP) is 1.78. The Morgan fingerprint density at radius 1 is 1.10 bits per heavy atom. The number of carbonyl (C=O) groups excluding carboxylic acids is 1. The van der Waals surface area contributed by atoms with Crippen molar-refractivity contribution in [2.24, 2.45) is 11.8 Å². The van der Waals surface area contributed by atoms with Crippen LogP contribution in [-0.2, 0) is 11.2 Å². The smallest absolute Gasteiger partial charge is 0.230 e. The van der Waals surface area contributed by atoms with Gasteiger partial charge in [-0.25, -0.2) is 0 Å². The molecule has 2 saturated heterocycles. The molecule has 3 heteroatoms. The van der Waals surface area contributed by atoms with E-state index in [1.54, 1.807) is 0 Å². The first-order valence-electron chi connectivity index (χ1n) is 7.90. The molecular weight excluding hydrogens is 248 g/mol. The number of nitrogens with one attached hydrogen (secondary N) is 1. The van der Waals surface area contributed by atoms with Gasteiger partial charge in [0.25, 0.3) is 0 Å². The second-order valence-electron chi connectivity index (χ2n) is 6.54. The highest BCUT2D eigenvalue weighted by atomic mass is 16.2. The van der Waals surface area contributed by atoms with Crippen molar-refractivity contribution >= 4 is 5.91 Å². The Kier molecular flexibility index (Phi) is 3.03. The highest BCUT2D eigenvalue weighted by Gasteiger charge is 2.37. The van der Waals surface area contributed by atoms with Crippen LogP contribution in [0.2, 0.25) is 0 Å². The number of hydrogen-bond acceptors (Lipinski definition) is 2. The average Bonchev–Trinajstić information content (AvgIpc) is 2.79. The third-order valence-corrected chi connectivity index (χ3v) is 5.48. The van der Waals surface area contributed by atoms with E-state index in [-0.39, 0.29) is 5.92 Å². The fraction of sp³-hybridized carbons (Fsp3) is 0.588. The first kappa shape index (κ1) is 12.4. The van der Waals surface area contributed by atoms with Crippen molar-refractivity contribution in [1.82, 2.24) is 10.2 Å². The highest BCUT2D eigenvalue weighted by molar-refractivity contribution is 5.87. The maximum Gasteiger partial charge on any atom is 0.230 e. The first-order valence-corrected chi connectivity index (χ1v) is 7.90. The zero-order valence-electron chi connectivity index (χ0n) is 11.8. The maximum absolute atomic E-state index is 12.7. The number of amides is 1. The maximum atomic E-state index is 12.7. The molecule has 106 valence electrons. The van der Waals surface area contributed by atoms with Gasteiger partial charge in [0.15, 0.2) is 0 Å². The second kappa shape index (κ2) is 4.88. The summed E-state index contributed by atoms with van der Waals surface area (Å²) in [5.74, 6) is 2.10. The Morgan fingerprint density at radius 2 is 1.80 bits per heavy atom. The molecule has 0 bridgehead atoms. The molecule has 2 aliphatic heterocycles. The molecule has 3 aliphatic rings. The number of nitrogens with zero attached hydrogens (tertiary/aromatic N) is 1. The molecule has 2 fully saturated rings. The summed E-state index contributed by atoms with van der Waals surface area (Å²) in [6.45, 7) is 4.22.